The van der Waals surface area contributed by atoms with E-state index in [9.17, 15) is 9.59 Å². The van der Waals surface area contributed by atoms with Crippen LogP contribution in [0.15, 0.2) is 28.7 Å². The number of nitrogens with one attached hydrogen (secondary N) is 1. The van der Waals surface area contributed by atoms with Gasteiger partial charge in [0.25, 0.3) is 5.91 Å². The Balaban J connectivity index is 2.12. The number of amides is 2. The molecule has 0 aliphatic carbocycles. The molecule has 84 valence electrons. The Labute approximate surface area is 102 Å². The molecule has 1 heterocycles. The highest BCUT2D eigenvalue weighted by atomic mass is 79.9. The number of carbonyl (C=O) groups excluding carboxylic acids is 2. The second kappa shape index (κ2) is 4.25. The summed E-state index contributed by atoms with van der Waals surface area (Å²) in [6.07, 6.45) is 0.224. The SMILES string of the molecule is CN1C(=O)CC(Nc2cccc(Br)c2)C1=O. The van der Waals surface area contributed by atoms with E-state index in [1.165, 1.54) is 7.05 Å². The van der Waals surface area contributed by atoms with Crippen LogP contribution in [-0.4, -0.2) is 29.8 Å². The van der Waals surface area contributed by atoms with Gasteiger partial charge in [-0.1, -0.05) is 22.0 Å². The van der Waals surface area contributed by atoms with Crippen LogP contribution in [-0.2, 0) is 9.59 Å². The number of hydrogen-bond acceptors (Lipinski definition) is 3. The summed E-state index contributed by atoms with van der Waals surface area (Å²) in [5.41, 5.74) is 0.829. The number of imide groups is 1. The molecule has 1 aliphatic heterocycles. The number of hydrogen-bond donors (Lipinski definition) is 1. The monoisotopic (exact) mass is 282 g/mol. The number of likely N-dealkylation sites (N-methyl/N-ethyl adjacent to an activating group) is 1. The summed E-state index contributed by atoms with van der Waals surface area (Å²) < 4.78 is 0.933. The number of anilines is 1. The second-order valence-corrected chi connectivity index (χ2v) is 4.62. The largest absolute Gasteiger partial charge is 0.373 e. The molecule has 0 aromatic heterocycles. The van der Waals surface area contributed by atoms with Crippen LogP contribution >= 0.6 is 15.9 Å². The molecule has 1 atom stereocenters. The van der Waals surface area contributed by atoms with Gasteiger partial charge in [0.1, 0.15) is 6.04 Å². The van der Waals surface area contributed by atoms with E-state index >= 15 is 0 Å². The van der Waals surface area contributed by atoms with Crippen molar-refractivity contribution in [2.45, 2.75) is 12.5 Å². The van der Waals surface area contributed by atoms with Gasteiger partial charge in [-0.15, -0.1) is 0 Å². The van der Waals surface area contributed by atoms with E-state index in [4.69, 9.17) is 0 Å². The van der Waals surface area contributed by atoms with Gasteiger partial charge in [-0.05, 0) is 18.2 Å². The predicted molar refractivity (Wildman–Crippen MR) is 63.9 cm³/mol. The van der Waals surface area contributed by atoms with Crippen LogP contribution in [0.4, 0.5) is 5.69 Å². The van der Waals surface area contributed by atoms with Gasteiger partial charge in [-0.3, -0.25) is 14.5 Å². The van der Waals surface area contributed by atoms with E-state index in [0.717, 1.165) is 15.1 Å². The summed E-state index contributed by atoms with van der Waals surface area (Å²) in [6, 6.07) is 7.07. The third-order valence-electron chi connectivity index (χ3n) is 2.55. The third-order valence-corrected chi connectivity index (χ3v) is 3.04. The first-order valence-corrected chi connectivity index (χ1v) is 5.70. The molecule has 4 nitrogen and oxygen atoms in total. The van der Waals surface area contributed by atoms with Crippen molar-refractivity contribution in [2.24, 2.45) is 0 Å². The molecular formula is C11H11BrN2O2. The molecule has 2 rings (SSSR count). The van der Waals surface area contributed by atoms with Crippen molar-refractivity contribution in [3.63, 3.8) is 0 Å². The molecule has 1 fully saturated rings. The summed E-state index contributed by atoms with van der Waals surface area (Å²) in [4.78, 5) is 24.1. The average Bonchev–Trinajstić information content (AvgIpc) is 2.47. The Hall–Kier alpha value is -1.36. The molecule has 1 unspecified atom stereocenters. The first kappa shape index (κ1) is 11.1. The molecule has 0 spiro atoms. The maximum atomic E-state index is 11.6. The number of benzene rings is 1. The molecule has 1 aliphatic rings. The molecule has 1 aromatic rings. The first-order chi connectivity index (χ1) is 7.58. The highest BCUT2D eigenvalue weighted by Gasteiger charge is 2.35. The third kappa shape index (κ3) is 2.09. The van der Waals surface area contributed by atoms with Crippen molar-refractivity contribution in [1.29, 1.82) is 0 Å². The van der Waals surface area contributed by atoms with Gasteiger partial charge in [0, 0.05) is 17.2 Å². The van der Waals surface area contributed by atoms with Gasteiger partial charge in [-0.25, -0.2) is 0 Å². The Bertz CT molecular complexity index is 447. The van der Waals surface area contributed by atoms with E-state index in [0.29, 0.717) is 0 Å². The summed E-state index contributed by atoms with van der Waals surface area (Å²) in [7, 11) is 1.51. The van der Waals surface area contributed by atoms with E-state index in [2.05, 4.69) is 21.2 Å². The van der Waals surface area contributed by atoms with Crippen LogP contribution in [0.1, 0.15) is 6.42 Å². The second-order valence-electron chi connectivity index (χ2n) is 3.70. The van der Waals surface area contributed by atoms with Gasteiger partial charge in [0.05, 0.1) is 6.42 Å². The molecule has 2 amide bonds. The van der Waals surface area contributed by atoms with Crippen LogP contribution in [0, 0.1) is 0 Å². The zero-order valence-electron chi connectivity index (χ0n) is 8.74. The minimum absolute atomic E-state index is 0.141. The van der Waals surface area contributed by atoms with Crippen molar-refractivity contribution in [3.05, 3.63) is 28.7 Å². The molecule has 1 saturated heterocycles. The van der Waals surface area contributed by atoms with Gasteiger partial charge >= 0.3 is 0 Å². The zero-order valence-corrected chi connectivity index (χ0v) is 10.3. The van der Waals surface area contributed by atoms with Crippen molar-refractivity contribution in [2.75, 3.05) is 12.4 Å². The lowest BCUT2D eigenvalue weighted by Gasteiger charge is -2.12. The lowest BCUT2D eigenvalue weighted by Crippen LogP contribution is -2.31. The standard InChI is InChI=1S/C11H11BrN2O2/c1-14-10(15)6-9(11(14)16)13-8-4-2-3-7(12)5-8/h2-5,9,13H,6H2,1H3. The molecular weight excluding hydrogens is 272 g/mol. The van der Waals surface area contributed by atoms with E-state index in [1.54, 1.807) is 0 Å². The molecule has 0 saturated carbocycles. The number of halogens is 1. The number of likely N-dealkylation sites (tertiary alicyclic amines) is 1. The molecule has 1 N–H and O–H groups in total. The number of carbonyl (C=O) groups is 2. The predicted octanol–water partition coefficient (Wildman–Crippen LogP) is 1.62. The first-order valence-electron chi connectivity index (χ1n) is 4.90. The quantitative estimate of drug-likeness (QED) is 0.839. The Morgan fingerprint density at radius 3 is 2.75 bits per heavy atom. The van der Waals surface area contributed by atoms with Gasteiger partial charge in [-0.2, -0.15) is 0 Å². The Morgan fingerprint density at radius 1 is 1.44 bits per heavy atom. The Kier molecular flexibility index (Phi) is 2.96. The van der Waals surface area contributed by atoms with Crippen molar-refractivity contribution < 1.29 is 9.59 Å². The minimum Gasteiger partial charge on any atom is -0.373 e. The summed E-state index contributed by atoms with van der Waals surface area (Å²) in [5, 5.41) is 3.05. The number of rotatable bonds is 2. The smallest absolute Gasteiger partial charge is 0.251 e. The van der Waals surface area contributed by atoms with Crippen LogP contribution in [0.3, 0.4) is 0 Å². The van der Waals surface area contributed by atoms with Crippen LogP contribution in [0.5, 0.6) is 0 Å². The lowest BCUT2D eigenvalue weighted by atomic mass is 10.2. The Morgan fingerprint density at radius 2 is 2.19 bits per heavy atom. The maximum Gasteiger partial charge on any atom is 0.251 e. The fourth-order valence-electron chi connectivity index (χ4n) is 1.65. The summed E-state index contributed by atoms with van der Waals surface area (Å²) in [6.45, 7) is 0. The van der Waals surface area contributed by atoms with Gasteiger partial charge in [0.2, 0.25) is 5.91 Å². The van der Waals surface area contributed by atoms with E-state index < -0.39 is 6.04 Å². The molecule has 16 heavy (non-hydrogen) atoms. The lowest BCUT2D eigenvalue weighted by molar-refractivity contribution is -0.136. The highest BCUT2D eigenvalue weighted by molar-refractivity contribution is 9.10. The van der Waals surface area contributed by atoms with E-state index in [-0.39, 0.29) is 18.2 Å². The zero-order chi connectivity index (χ0) is 11.7. The molecule has 1 aromatic carbocycles. The van der Waals surface area contributed by atoms with Crippen LogP contribution < -0.4 is 5.32 Å². The normalized spacial score (nSPS) is 20.4. The van der Waals surface area contributed by atoms with E-state index in [1.807, 2.05) is 24.3 Å². The van der Waals surface area contributed by atoms with Crippen molar-refractivity contribution >= 4 is 33.4 Å². The number of nitrogens with zero attached hydrogens (tertiary/aromatic N) is 1. The van der Waals surface area contributed by atoms with Crippen LogP contribution in [0.25, 0.3) is 0 Å². The fourth-order valence-corrected chi connectivity index (χ4v) is 2.05. The van der Waals surface area contributed by atoms with Crippen LogP contribution in [0.2, 0.25) is 0 Å². The average molecular weight is 283 g/mol. The molecule has 0 radical (unpaired) electrons. The maximum absolute atomic E-state index is 11.6. The van der Waals surface area contributed by atoms with Crippen molar-refractivity contribution in [3.8, 4) is 0 Å². The minimum atomic E-state index is -0.438. The molecule has 0 bridgehead atoms. The summed E-state index contributed by atoms with van der Waals surface area (Å²) in [5.74, 6) is -0.317. The van der Waals surface area contributed by atoms with Gasteiger partial charge < -0.3 is 5.32 Å². The fraction of sp³-hybridized carbons (Fsp3) is 0.273. The van der Waals surface area contributed by atoms with Gasteiger partial charge in [0.15, 0.2) is 0 Å². The molecule has 5 heteroatoms. The van der Waals surface area contributed by atoms with Crippen molar-refractivity contribution in [1.82, 2.24) is 4.90 Å². The highest BCUT2D eigenvalue weighted by Crippen LogP contribution is 2.20. The topological polar surface area (TPSA) is 49.4 Å². The summed E-state index contributed by atoms with van der Waals surface area (Å²) >= 11 is 3.35.